The maximum Gasteiger partial charge on any atom is 0.279 e. The summed E-state index contributed by atoms with van der Waals surface area (Å²) in [5.74, 6) is 0.0449. The highest BCUT2D eigenvalue weighted by Crippen LogP contribution is 2.27. The Balaban J connectivity index is 2.05. The van der Waals surface area contributed by atoms with E-state index in [4.69, 9.17) is 4.74 Å². The largest absolute Gasteiger partial charge is 0.496 e. The predicted molar refractivity (Wildman–Crippen MR) is 109 cm³/mol. The maximum absolute atomic E-state index is 13.3. The van der Waals surface area contributed by atoms with Gasteiger partial charge in [0.25, 0.3) is 5.91 Å². The van der Waals surface area contributed by atoms with E-state index in [0.717, 1.165) is 22.6 Å². The van der Waals surface area contributed by atoms with Crippen LogP contribution in [-0.2, 0) is 13.5 Å². The monoisotopic (exact) mass is 448 g/mol. The van der Waals surface area contributed by atoms with Crippen molar-refractivity contribution in [1.82, 2.24) is 4.57 Å². The third-order valence-electron chi connectivity index (χ3n) is 4.14. The highest BCUT2D eigenvalue weighted by Gasteiger charge is 2.14. The molecule has 0 radical (unpaired) electrons. The van der Waals surface area contributed by atoms with Crippen molar-refractivity contribution in [3.05, 3.63) is 68.0 Å². The van der Waals surface area contributed by atoms with Crippen molar-refractivity contribution in [3.63, 3.8) is 0 Å². The van der Waals surface area contributed by atoms with Crippen LogP contribution < -0.4 is 9.54 Å². The lowest BCUT2D eigenvalue weighted by atomic mass is 10.1. The van der Waals surface area contributed by atoms with Gasteiger partial charge in [0.1, 0.15) is 11.6 Å². The van der Waals surface area contributed by atoms with E-state index in [9.17, 15) is 9.18 Å². The minimum atomic E-state index is -0.330. The van der Waals surface area contributed by atoms with Crippen molar-refractivity contribution in [2.24, 2.45) is 12.0 Å². The molecule has 2 aromatic carbocycles. The molecule has 27 heavy (non-hydrogen) atoms. The number of aryl methyl sites for hydroxylation is 1. The Morgan fingerprint density at radius 1 is 1.26 bits per heavy atom. The van der Waals surface area contributed by atoms with Gasteiger partial charge >= 0.3 is 0 Å². The van der Waals surface area contributed by atoms with E-state index in [1.54, 1.807) is 37.4 Å². The van der Waals surface area contributed by atoms with Gasteiger partial charge < -0.3 is 9.30 Å². The van der Waals surface area contributed by atoms with Gasteiger partial charge in [-0.25, -0.2) is 4.39 Å². The average molecular weight is 449 g/mol. The summed E-state index contributed by atoms with van der Waals surface area (Å²) < 4.78 is 21.0. The molecular weight excluding hydrogens is 431 g/mol. The van der Waals surface area contributed by atoms with Gasteiger partial charge in [-0.1, -0.05) is 6.92 Å². The molecule has 0 aliphatic rings. The third kappa shape index (κ3) is 4.04. The number of halogens is 2. The van der Waals surface area contributed by atoms with Crippen molar-refractivity contribution >= 4 is 33.2 Å². The molecule has 0 unspecified atom stereocenters. The second-order valence-corrected chi connectivity index (χ2v) is 7.76. The molecule has 4 nitrogen and oxygen atoms in total. The Morgan fingerprint density at radius 2 is 1.96 bits per heavy atom. The lowest BCUT2D eigenvalue weighted by Gasteiger charge is -2.06. The Bertz CT molecular complexity index is 1050. The normalized spacial score (nSPS) is 11.7. The number of benzene rings is 2. The average Bonchev–Trinajstić information content (AvgIpc) is 2.98. The van der Waals surface area contributed by atoms with E-state index < -0.39 is 0 Å². The SMILES string of the molecule is CCc1sc(=NC(=O)c2ccc(OC)c(Br)c2)n(C)c1-c1ccc(F)cc1. The number of ether oxygens (including phenoxy) is 1. The summed E-state index contributed by atoms with van der Waals surface area (Å²) in [6.45, 7) is 2.05. The van der Waals surface area contributed by atoms with E-state index >= 15 is 0 Å². The van der Waals surface area contributed by atoms with Crippen LogP contribution in [0.3, 0.4) is 0 Å². The molecule has 1 aromatic heterocycles. The van der Waals surface area contributed by atoms with Gasteiger partial charge in [-0.2, -0.15) is 4.99 Å². The zero-order chi connectivity index (χ0) is 19.6. The van der Waals surface area contributed by atoms with Crippen molar-refractivity contribution in [2.75, 3.05) is 7.11 Å². The summed E-state index contributed by atoms with van der Waals surface area (Å²) in [6.07, 6.45) is 0.795. The number of carbonyl (C=O) groups is 1. The quantitative estimate of drug-likeness (QED) is 0.565. The van der Waals surface area contributed by atoms with Crippen LogP contribution in [0.1, 0.15) is 22.2 Å². The van der Waals surface area contributed by atoms with Crippen molar-refractivity contribution in [2.45, 2.75) is 13.3 Å². The van der Waals surface area contributed by atoms with E-state index in [0.29, 0.717) is 20.6 Å². The molecule has 140 valence electrons. The smallest absolute Gasteiger partial charge is 0.279 e. The molecule has 3 rings (SSSR count). The Hall–Kier alpha value is -2.25. The molecule has 0 spiro atoms. The molecule has 0 bridgehead atoms. The van der Waals surface area contributed by atoms with Crippen LogP contribution in [0.4, 0.5) is 4.39 Å². The number of hydrogen-bond acceptors (Lipinski definition) is 3. The minimum absolute atomic E-state index is 0.278. The second kappa shape index (κ2) is 8.19. The van der Waals surface area contributed by atoms with E-state index in [1.165, 1.54) is 23.5 Å². The maximum atomic E-state index is 13.3. The first-order valence-electron chi connectivity index (χ1n) is 8.31. The lowest BCUT2D eigenvalue weighted by molar-refractivity contribution is 0.0998. The lowest BCUT2D eigenvalue weighted by Crippen LogP contribution is -2.14. The minimum Gasteiger partial charge on any atom is -0.496 e. The van der Waals surface area contributed by atoms with Gasteiger partial charge in [0, 0.05) is 17.5 Å². The zero-order valence-electron chi connectivity index (χ0n) is 15.1. The molecule has 7 heteroatoms. The molecular formula is C20H18BrFN2O2S. The van der Waals surface area contributed by atoms with Gasteiger partial charge in [-0.05, 0) is 70.4 Å². The number of thiazole rings is 1. The van der Waals surface area contributed by atoms with Gasteiger partial charge in [-0.15, -0.1) is 11.3 Å². The van der Waals surface area contributed by atoms with Crippen LogP contribution in [0.5, 0.6) is 5.75 Å². The Labute approximate surface area is 169 Å². The summed E-state index contributed by atoms with van der Waals surface area (Å²) >= 11 is 4.85. The first-order chi connectivity index (χ1) is 12.9. The molecule has 0 fully saturated rings. The highest BCUT2D eigenvalue weighted by molar-refractivity contribution is 9.10. The third-order valence-corrected chi connectivity index (χ3v) is 6.03. The number of amides is 1. The van der Waals surface area contributed by atoms with Gasteiger partial charge in [-0.3, -0.25) is 4.79 Å². The van der Waals surface area contributed by atoms with Gasteiger partial charge in [0.05, 0.1) is 17.3 Å². The number of hydrogen-bond donors (Lipinski definition) is 0. The van der Waals surface area contributed by atoms with E-state index in [-0.39, 0.29) is 11.7 Å². The summed E-state index contributed by atoms with van der Waals surface area (Å²) in [4.78, 5) is 18.6. The Morgan fingerprint density at radius 3 is 2.56 bits per heavy atom. The fourth-order valence-electron chi connectivity index (χ4n) is 2.76. The number of nitrogens with zero attached hydrogens (tertiary/aromatic N) is 2. The molecule has 0 atom stereocenters. The Kier molecular flexibility index (Phi) is 5.92. The second-order valence-electron chi connectivity index (χ2n) is 5.84. The number of aromatic nitrogens is 1. The van der Waals surface area contributed by atoms with E-state index in [2.05, 4.69) is 20.9 Å². The first kappa shape index (κ1) is 19.5. The molecule has 3 aromatic rings. The zero-order valence-corrected chi connectivity index (χ0v) is 17.5. The first-order valence-corrected chi connectivity index (χ1v) is 9.92. The molecule has 1 amide bonds. The van der Waals surface area contributed by atoms with Crippen molar-refractivity contribution in [3.8, 4) is 17.0 Å². The standard InChI is InChI=1S/C20H18BrFN2O2S/c1-4-17-18(12-5-8-14(22)9-6-12)24(2)20(27-17)23-19(25)13-7-10-16(26-3)15(21)11-13/h5-11H,4H2,1-3H3. The molecule has 0 N–H and O–H groups in total. The van der Waals surface area contributed by atoms with Crippen molar-refractivity contribution in [1.29, 1.82) is 0 Å². The summed E-state index contributed by atoms with van der Waals surface area (Å²) in [6, 6.07) is 11.4. The number of rotatable bonds is 4. The molecule has 0 saturated carbocycles. The van der Waals surface area contributed by atoms with Crippen LogP contribution >= 0.6 is 27.3 Å². The summed E-state index contributed by atoms with van der Waals surface area (Å²) in [5.41, 5.74) is 2.32. The predicted octanol–water partition coefficient (Wildman–Crippen LogP) is 4.97. The summed E-state index contributed by atoms with van der Waals surface area (Å²) in [5, 5.41) is 0. The molecule has 0 aliphatic heterocycles. The fourth-order valence-corrected chi connectivity index (χ4v) is 4.37. The van der Waals surface area contributed by atoms with Crippen LogP contribution in [0.2, 0.25) is 0 Å². The highest BCUT2D eigenvalue weighted by atomic mass is 79.9. The van der Waals surface area contributed by atoms with Gasteiger partial charge in [0.2, 0.25) is 0 Å². The molecule has 0 aliphatic carbocycles. The number of methoxy groups -OCH3 is 1. The number of carbonyl (C=O) groups excluding carboxylic acids is 1. The van der Waals surface area contributed by atoms with Crippen LogP contribution in [0.15, 0.2) is 51.9 Å². The van der Waals surface area contributed by atoms with Gasteiger partial charge in [0.15, 0.2) is 4.80 Å². The van der Waals surface area contributed by atoms with Crippen LogP contribution in [0, 0.1) is 5.82 Å². The topological polar surface area (TPSA) is 43.6 Å². The molecule has 0 saturated heterocycles. The van der Waals surface area contributed by atoms with Crippen LogP contribution in [0.25, 0.3) is 11.3 Å². The van der Waals surface area contributed by atoms with Crippen LogP contribution in [-0.4, -0.2) is 17.6 Å². The summed E-state index contributed by atoms with van der Waals surface area (Å²) in [7, 11) is 3.44. The fraction of sp³-hybridized carbons (Fsp3) is 0.200. The van der Waals surface area contributed by atoms with Crippen molar-refractivity contribution < 1.29 is 13.9 Å². The molecule has 1 heterocycles. The van der Waals surface area contributed by atoms with E-state index in [1.807, 2.05) is 18.5 Å².